The summed E-state index contributed by atoms with van der Waals surface area (Å²) in [5, 5.41) is 0. The minimum absolute atomic E-state index is 0.108. The van der Waals surface area contributed by atoms with E-state index in [1.54, 1.807) is 182 Å². The number of carbonyl (C=O) groups is 8. The zero-order valence-corrected chi connectivity index (χ0v) is 50.4. The van der Waals surface area contributed by atoms with Crippen molar-refractivity contribution in [1.29, 1.82) is 0 Å². The lowest BCUT2D eigenvalue weighted by Crippen LogP contribution is -2.63. The molecule has 10 atom stereocenters. The second-order valence-electron chi connectivity index (χ2n) is 21.2. The molecule has 10 rings (SSSR count). The number of hydrogen-bond donors (Lipinski definition) is 0. The predicted molar refractivity (Wildman–Crippen MR) is 335 cm³/mol. The fourth-order valence-corrected chi connectivity index (χ4v) is 10.1. The highest BCUT2D eigenvalue weighted by Crippen LogP contribution is 2.34. The average Bonchev–Trinajstić information content (AvgIpc) is 0.789. The van der Waals surface area contributed by atoms with Gasteiger partial charge >= 0.3 is 47.8 Å². The van der Waals surface area contributed by atoms with Crippen LogP contribution in [0.5, 0.6) is 0 Å². The van der Waals surface area contributed by atoms with Crippen LogP contribution in [0.1, 0.15) is 95.7 Å². The van der Waals surface area contributed by atoms with E-state index in [4.69, 9.17) is 56.8 Å². The molecule has 0 N–H and O–H groups in total. The Balaban J connectivity index is 0.905. The fourth-order valence-electron chi connectivity index (χ4n) is 10.1. The maximum Gasteiger partial charge on any atom is 0.338 e. The van der Waals surface area contributed by atoms with E-state index in [1.165, 1.54) is 72.8 Å². The molecule has 2 aliphatic heterocycles. The van der Waals surface area contributed by atoms with E-state index in [-0.39, 0.29) is 70.6 Å². The Labute approximate surface area is 540 Å². The van der Waals surface area contributed by atoms with Crippen molar-refractivity contribution in [2.24, 2.45) is 0 Å². The van der Waals surface area contributed by atoms with Crippen molar-refractivity contribution in [2.45, 2.75) is 74.3 Å². The predicted octanol–water partition coefficient (Wildman–Crippen LogP) is 10.9. The summed E-state index contributed by atoms with van der Waals surface area (Å²) in [6.45, 7) is -1.41. The topological polar surface area (TPSA) is 247 Å². The number of ether oxygens (including phenoxy) is 12. The molecule has 0 aliphatic carbocycles. The van der Waals surface area contributed by atoms with Gasteiger partial charge in [-0.05, 0) is 110 Å². The molecule has 20 nitrogen and oxygen atoms in total. The Morgan fingerprint density at radius 1 is 0.266 bits per heavy atom. The van der Waals surface area contributed by atoms with Gasteiger partial charge in [0.05, 0.1) is 57.7 Å². The van der Waals surface area contributed by atoms with Crippen molar-refractivity contribution in [3.05, 3.63) is 299 Å². The van der Waals surface area contributed by atoms with Crippen LogP contribution in [0, 0.1) is 0 Å². The molecule has 2 saturated heterocycles. The van der Waals surface area contributed by atoms with Crippen molar-refractivity contribution in [3.63, 3.8) is 0 Å². The van der Waals surface area contributed by atoms with Crippen molar-refractivity contribution >= 4 is 47.8 Å². The second-order valence-corrected chi connectivity index (χ2v) is 21.2. The molecular formula is C74H64O20. The normalized spacial score (nSPS) is 20.7. The van der Waals surface area contributed by atoms with Crippen LogP contribution in [0.4, 0.5) is 0 Å². The minimum atomic E-state index is -1.65. The molecule has 2 aliphatic rings. The largest absolute Gasteiger partial charge is 0.459 e. The van der Waals surface area contributed by atoms with Gasteiger partial charge in [0.1, 0.15) is 25.4 Å². The van der Waals surface area contributed by atoms with Crippen molar-refractivity contribution in [2.75, 3.05) is 26.4 Å². The molecule has 0 spiro atoms. The number of hydrogen-bond acceptors (Lipinski definition) is 20. The van der Waals surface area contributed by atoms with Gasteiger partial charge in [0.15, 0.2) is 49.2 Å². The first-order valence-corrected chi connectivity index (χ1v) is 30.2. The van der Waals surface area contributed by atoms with E-state index in [1.807, 2.05) is 0 Å². The molecule has 2 fully saturated rings. The second kappa shape index (κ2) is 33.4. The third kappa shape index (κ3) is 18.0. The SMILES string of the molecule is O=C(OCC1O[C@H](OCC/C=C/CCO[C@@H]2OC(COC(=O)c3ccccc3)[C@H](OC(=O)c3ccccc3)[C@@H](OC(=O)c3ccccc3)C2OC(=O)c2ccccc2)C(OC(=O)c2ccccc2)[C@H](OC(=O)c2ccccc2)[C@@H]1OC(=O)c1ccccc1)c1ccccc1. The molecule has 20 heteroatoms. The summed E-state index contributed by atoms with van der Waals surface area (Å²) >= 11 is 0. The van der Waals surface area contributed by atoms with E-state index in [9.17, 15) is 38.4 Å². The van der Waals surface area contributed by atoms with Gasteiger partial charge in [-0.2, -0.15) is 0 Å². The summed E-state index contributed by atoms with van der Waals surface area (Å²) in [6.07, 6.45) is -11.9. The van der Waals surface area contributed by atoms with Gasteiger partial charge in [0, 0.05) is 0 Å². The van der Waals surface area contributed by atoms with Gasteiger partial charge in [0.25, 0.3) is 0 Å². The number of rotatable bonds is 26. The molecule has 94 heavy (non-hydrogen) atoms. The lowest BCUT2D eigenvalue weighted by atomic mass is 9.97. The Morgan fingerprint density at radius 3 is 0.702 bits per heavy atom. The quantitative estimate of drug-likeness (QED) is 0.0211. The molecule has 480 valence electrons. The standard InChI is InChI=1S/C74H64O20/c75-65(49-29-11-3-12-30-49)85-47-57-59(89-67(77)51-33-15-5-16-34-51)61(91-69(79)53-37-19-7-20-38-53)63(93-71(81)55-41-23-9-24-42-55)73(87-57)83-45-27-1-2-28-46-84-74-64(94-72(82)56-43-25-10-26-44-56)62(92-70(80)54-39-21-8-22-40-54)60(90-68(78)52-35-17-6-18-36-52)58(88-74)48-86-66(76)50-31-13-4-14-32-50/h1-26,29-44,57-64,73-74H,27-28,45-48H2/b2-1+/t57?,58?,59-,60+,61-,62-,63?,64?,73+,74-/m1/s1. The molecule has 0 amide bonds. The Morgan fingerprint density at radius 2 is 0.468 bits per heavy atom. The first-order chi connectivity index (χ1) is 46.0. The Kier molecular flexibility index (Phi) is 23.5. The number of benzene rings is 8. The van der Waals surface area contributed by atoms with Gasteiger partial charge in [-0.3, -0.25) is 0 Å². The minimum Gasteiger partial charge on any atom is -0.459 e. The molecule has 8 aromatic carbocycles. The summed E-state index contributed by atoms with van der Waals surface area (Å²) in [5.74, 6) is -6.72. The van der Waals surface area contributed by atoms with Crippen LogP contribution in [0.2, 0.25) is 0 Å². The van der Waals surface area contributed by atoms with Crippen molar-refractivity contribution in [1.82, 2.24) is 0 Å². The van der Waals surface area contributed by atoms with E-state index >= 15 is 0 Å². The molecule has 8 aromatic rings. The zero-order valence-electron chi connectivity index (χ0n) is 50.4. The van der Waals surface area contributed by atoms with E-state index in [2.05, 4.69) is 0 Å². The third-order valence-electron chi connectivity index (χ3n) is 14.8. The van der Waals surface area contributed by atoms with Gasteiger partial charge < -0.3 is 56.8 Å². The first kappa shape index (κ1) is 66.0. The van der Waals surface area contributed by atoms with E-state index in [0.29, 0.717) is 0 Å². The number of carbonyl (C=O) groups excluding carboxylic acids is 8. The van der Waals surface area contributed by atoms with Crippen LogP contribution >= 0.6 is 0 Å². The monoisotopic (exact) mass is 1270 g/mol. The Hall–Kier alpha value is -10.9. The summed E-state index contributed by atoms with van der Waals surface area (Å²) in [5.41, 5.74) is 1.10. The maximum absolute atomic E-state index is 14.1. The van der Waals surface area contributed by atoms with Gasteiger partial charge in [-0.1, -0.05) is 158 Å². The van der Waals surface area contributed by atoms with Crippen molar-refractivity contribution in [3.8, 4) is 0 Å². The van der Waals surface area contributed by atoms with Crippen LogP contribution in [-0.4, -0.2) is 136 Å². The smallest absolute Gasteiger partial charge is 0.338 e. The van der Waals surface area contributed by atoms with E-state index in [0.717, 1.165) is 0 Å². The lowest BCUT2D eigenvalue weighted by molar-refractivity contribution is -0.298. The molecular weight excluding hydrogens is 1210 g/mol. The van der Waals surface area contributed by atoms with Gasteiger partial charge in [0.2, 0.25) is 0 Å². The van der Waals surface area contributed by atoms with Crippen LogP contribution in [-0.2, 0) is 56.8 Å². The highest BCUT2D eigenvalue weighted by Gasteiger charge is 2.55. The van der Waals surface area contributed by atoms with Crippen LogP contribution in [0.3, 0.4) is 0 Å². The highest BCUT2D eigenvalue weighted by molar-refractivity contribution is 5.93. The van der Waals surface area contributed by atoms with Crippen LogP contribution in [0.15, 0.2) is 255 Å². The summed E-state index contributed by atoms with van der Waals surface area (Å²) < 4.78 is 74.3. The lowest BCUT2D eigenvalue weighted by Gasteiger charge is -2.44. The summed E-state index contributed by atoms with van der Waals surface area (Å²) in [7, 11) is 0. The number of esters is 8. The first-order valence-electron chi connectivity index (χ1n) is 30.2. The molecule has 0 bridgehead atoms. The van der Waals surface area contributed by atoms with Crippen LogP contribution < -0.4 is 0 Å². The zero-order chi connectivity index (χ0) is 65.4. The third-order valence-corrected chi connectivity index (χ3v) is 14.8. The molecule has 0 aromatic heterocycles. The summed E-state index contributed by atoms with van der Waals surface area (Å²) in [6, 6.07) is 64.1. The molecule has 2 heterocycles. The fraction of sp³-hybridized carbons (Fsp3) is 0.216. The molecule has 0 radical (unpaired) electrons. The summed E-state index contributed by atoms with van der Waals surface area (Å²) in [4.78, 5) is 111. The van der Waals surface area contributed by atoms with E-state index < -0.39 is 122 Å². The van der Waals surface area contributed by atoms with Crippen molar-refractivity contribution < 1.29 is 95.2 Å². The van der Waals surface area contributed by atoms with Gasteiger partial charge in [-0.15, -0.1) is 0 Å². The Bertz CT molecular complexity index is 3560. The highest BCUT2D eigenvalue weighted by atomic mass is 16.7. The average molecular weight is 1270 g/mol. The molecule has 4 unspecified atom stereocenters. The maximum atomic E-state index is 14.1. The van der Waals surface area contributed by atoms with Gasteiger partial charge in [-0.25, -0.2) is 38.4 Å². The molecule has 0 saturated carbocycles. The van der Waals surface area contributed by atoms with Crippen LogP contribution in [0.25, 0.3) is 0 Å².